The Balaban J connectivity index is 1.59. The van der Waals surface area contributed by atoms with Crippen LogP contribution in [-0.2, 0) is 0 Å². The van der Waals surface area contributed by atoms with Crippen molar-refractivity contribution in [3.05, 3.63) is 91.6 Å². The number of thiophene rings is 1. The van der Waals surface area contributed by atoms with Crippen LogP contribution in [0.4, 0.5) is 0 Å². The zero-order chi connectivity index (χ0) is 21.1. The third-order valence-electron chi connectivity index (χ3n) is 5.86. The van der Waals surface area contributed by atoms with Gasteiger partial charge in [-0.1, -0.05) is 18.2 Å². The van der Waals surface area contributed by atoms with Crippen molar-refractivity contribution in [2.24, 2.45) is 0 Å². The van der Waals surface area contributed by atoms with Crippen LogP contribution >= 0.6 is 11.3 Å². The zero-order valence-electron chi connectivity index (χ0n) is 16.8. The van der Waals surface area contributed by atoms with Gasteiger partial charge in [-0.25, -0.2) is 9.97 Å². The van der Waals surface area contributed by atoms with Gasteiger partial charge >= 0.3 is 0 Å². The van der Waals surface area contributed by atoms with Crippen molar-refractivity contribution in [1.29, 1.82) is 0 Å². The van der Waals surface area contributed by atoms with E-state index in [2.05, 4.69) is 62.0 Å². The van der Waals surface area contributed by atoms with E-state index in [-0.39, 0.29) is 0 Å². The van der Waals surface area contributed by atoms with Crippen LogP contribution in [0.5, 0.6) is 0 Å². The van der Waals surface area contributed by atoms with Crippen LogP contribution in [0.2, 0.25) is 0 Å². The van der Waals surface area contributed by atoms with Gasteiger partial charge in [0.05, 0.1) is 34.6 Å². The standard InChI is InChI=1S/C26H15N5S/c1-2-6-21-18(4-1)23-22(32-21)8-7-19-24-20(5-3-11-28-24)31(25(19)23)17-14-29-26(30-15-17)16-9-12-27-13-10-16/h1-15H. The highest BCUT2D eigenvalue weighted by Gasteiger charge is 2.19. The summed E-state index contributed by atoms with van der Waals surface area (Å²) in [5.41, 5.74) is 5.04. The Morgan fingerprint density at radius 3 is 2.41 bits per heavy atom. The Morgan fingerprint density at radius 1 is 0.688 bits per heavy atom. The van der Waals surface area contributed by atoms with Crippen molar-refractivity contribution < 1.29 is 0 Å². The molecule has 150 valence electrons. The molecule has 0 saturated carbocycles. The Morgan fingerprint density at radius 2 is 1.53 bits per heavy atom. The fourth-order valence-corrected chi connectivity index (χ4v) is 5.59. The topological polar surface area (TPSA) is 56.5 Å². The van der Waals surface area contributed by atoms with E-state index in [9.17, 15) is 0 Å². The lowest BCUT2D eigenvalue weighted by Crippen LogP contribution is -1.98. The summed E-state index contributed by atoms with van der Waals surface area (Å²) in [6.07, 6.45) is 9.14. The van der Waals surface area contributed by atoms with Crippen LogP contribution < -0.4 is 0 Å². The first-order chi connectivity index (χ1) is 15.9. The van der Waals surface area contributed by atoms with Gasteiger partial charge in [-0.15, -0.1) is 11.3 Å². The molecule has 0 saturated heterocycles. The van der Waals surface area contributed by atoms with Crippen molar-refractivity contribution >= 4 is 53.4 Å². The van der Waals surface area contributed by atoms with Crippen molar-refractivity contribution in [3.8, 4) is 17.1 Å². The van der Waals surface area contributed by atoms with Crippen LogP contribution in [0.1, 0.15) is 0 Å². The molecule has 0 aliphatic carbocycles. The van der Waals surface area contributed by atoms with Gasteiger partial charge < -0.3 is 4.57 Å². The van der Waals surface area contributed by atoms with E-state index in [4.69, 9.17) is 4.98 Å². The molecule has 7 rings (SSSR count). The second-order valence-corrected chi connectivity index (χ2v) is 8.72. The minimum Gasteiger partial charge on any atom is -0.304 e. The van der Waals surface area contributed by atoms with Crippen LogP contribution in [0.3, 0.4) is 0 Å². The molecule has 0 atom stereocenters. The largest absolute Gasteiger partial charge is 0.304 e. The number of hydrogen-bond donors (Lipinski definition) is 0. The quantitative estimate of drug-likeness (QED) is 0.319. The monoisotopic (exact) mass is 429 g/mol. The molecule has 5 heterocycles. The average Bonchev–Trinajstić information content (AvgIpc) is 3.40. The summed E-state index contributed by atoms with van der Waals surface area (Å²) in [6, 6.07) is 20.9. The highest BCUT2D eigenvalue weighted by Crippen LogP contribution is 2.42. The number of aromatic nitrogens is 5. The van der Waals surface area contributed by atoms with Crippen LogP contribution in [0, 0.1) is 0 Å². The molecule has 0 amide bonds. The summed E-state index contributed by atoms with van der Waals surface area (Å²) in [5, 5.41) is 3.64. The highest BCUT2D eigenvalue weighted by atomic mass is 32.1. The molecule has 0 aliphatic rings. The first-order valence-electron chi connectivity index (χ1n) is 10.3. The van der Waals surface area contributed by atoms with Crippen molar-refractivity contribution in [2.45, 2.75) is 0 Å². The van der Waals surface area contributed by atoms with Gasteiger partial charge in [0, 0.05) is 49.7 Å². The number of pyridine rings is 2. The summed E-state index contributed by atoms with van der Waals surface area (Å²) in [7, 11) is 0. The lowest BCUT2D eigenvalue weighted by Gasteiger charge is -2.09. The van der Waals surface area contributed by atoms with Gasteiger partial charge in [0.15, 0.2) is 5.82 Å². The SMILES string of the molecule is c1ccc2c(c1)sc1ccc3c4ncccc4n(-c4cnc(-c5ccncc5)nc4)c3c12. The third kappa shape index (κ3) is 2.44. The van der Waals surface area contributed by atoms with Gasteiger partial charge in [0.25, 0.3) is 0 Å². The smallest absolute Gasteiger partial charge is 0.159 e. The van der Waals surface area contributed by atoms with Crippen molar-refractivity contribution in [1.82, 2.24) is 24.5 Å². The minimum atomic E-state index is 0.682. The summed E-state index contributed by atoms with van der Waals surface area (Å²) in [5.74, 6) is 0.682. The number of rotatable bonds is 2. The maximum Gasteiger partial charge on any atom is 0.159 e. The van der Waals surface area contributed by atoms with Crippen molar-refractivity contribution in [3.63, 3.8) is 0 Å². The second-order valence-electron chi connectivity index (χ2n) is 7.64. The van der Waals surface area contributed by atoms with E-state index in [0.717, 1.165) is 33.2 Å². The lowest BCUT2D eigenvalue weighted by molar-refractivity contribution is 1.08. The molecule has 5 aromatic heterocycles. The fourth-order valence-electron chi connectivity index (χ4n) is 4.48. The molecule has 0 unspecified atom stereocenters. The molecular formula is C26H15N5S. The maximum absolute atomic E-state index is 4.73. The molecule has 32 heavy (non-hydrogen) atoms. The fraction of sp³-hybridized carbons (Fsp3) is 0. The summed E-state index contributed by atoms with van der Waals surface area (Å²) >= 11 is 1.82. The average molecular weight is 430 g/mol. The van der Waals surface area contributed by atoms with E-state index in [1.54, 1.807) is 12.4 Å². The van der Waals surface area contributed by atoms with Gasteiger partial charge in [0.2, 0.25) is 0 Å². The van der Waals surface area contributed by atoms with E-state index >= 15 is 0 Å². The Labute approximate surface area is 186 Å². The van der Waals surface area contributed by atoms with Crippen LogP contribution in [0.15, 0.2) is 91.6 Å². The number of benzene rings is 2. The van der Waals surface area contributed by atoms with Crippen LogP contribution in [0.25, 0.3) is 59.2 Å². The van der Waals surface area contributed by atoms with Gasteiger partial charge in [0.1, 0.15) is 0 Å². The lowest BCUT2D eigenvalue weighted by atomic mass is 10.1. The predicted molar refractivity (Wildman–Crippen MR) is 130 cm³/mol. The van der Waals surface area contributed by atoms with Crippen molar-refractivity contribution in [2.75, 3.05) is 0 Å². The van der Waals surface area contributed by atoms with Gasteiger partial charge in [-0.3, -0.25) is 9.97 Å². The molecule has 6 heteroatoms. The molecule has 0 aliphatic heterocycles. The summed E-state index contributed by atoms with van der Waals surface area (Å²) in [6.45, 7) is 0. The van der Waals surface area contributed by atoms with E-state index in [1.807, 2.05) is 48.1 Å². The number of fused-ring (bicyclic) bond motifs is 7. The normalized spacial score (nSPS) is 11.8. The van der Waals surface area contributed by atoms with Gasteiger partial charge in [-0.05, 0) is 42.5 Å². The highest BCUT2D eigenvalue weighted by molar-refractivity contribution is 7.26. The molecule has 7 aromatic rings. The molecule has 0 bridgehead atoms. The Bertz CT molecular complexity index is 1770. The third-order valence-corrected chi connectivity index (χ3v) is 6.99. The molecule has 2 aromatic carbocycles. The zero-order valence-corrected chi connectivity index (χ0v) is 17.6. The maximum atomic E-state index is 4.73. The Hall–Kier alpha value is -4.16. The first-order valence-corrected chi connectivity index (χ1v) is 11.1. The van der Waals surface area contributed by atoms with E-state index in [1.165, 1.54) is 20.2 Å². The molecular weight excluding hydrogens is 414 g/mol. The van der Waals surface area contributed by atoms with E-state index in [0.29, 0.717) is 5.82 Å². The summed E-state index contributed by atoms with van der Waals surface area (Å²) < 4.78 is 4.79. The minimum absolute atomic E-state index is 0.682. The summed E-state index contributed by atoms with van der Waals surface area (Å²) in [4.78, 5) is 18.1. The molecule has 0 fully saturated rings. The molecule has 0 spiro atoms. The number of nitrogens with zero attached hydrogens (tertiary/aromatic N) is 5. The second kappa shape index (κ2) is 6.67. The Kier molecular flexibility index (Phi) is 3.65. The number of hydrogen-bond acceptors (Lipinski definition) is 5. The molecule has 0 radical (unpaired) electrons. The first kappa shape index (κ1) is 17.5. The molecule has 5 nitrogen and oxygen atoms in total. The molecule has 0 N–H and O–H groups in total. The van der Waals surface area contributed by atoms with E-state index < -0.39 is 0 Å². The van der Waals surface area contributed by atoms with Gasteiger partial charge in [-0.2, -0.15) is 0 Å². The predicted octanol–water partition coefficient (Wildman–Crippen LogP) is 6.40. The van der Waals surface area contributed by atoms with Crippen LogP contribution in [-0.4, -0.2) is 24.5 Å².